The second-order valence-electron chi connectivity index (χ2n) is 3.30. The van der Waals surface area contributed by atoms with Gasteiger partial charge in [0.25, 0.3) is 0 Å². The minimum atomic E-state index is -0.540. The van der Waals surface area contributed by atoms with Crippen LogP contribution in [0, 0.1) is 5.82 Å². The Balaban J connectivity index is 2.42. The van der Waals surface area contributed by atoms with Gasteiger partial charge < -0.3 is 0 Å². The molecule has 1 aromatic heterocycles. The van der Waals surface area contributed by atoms with Gasteiger partial charge in [0.15, 0.2) is 0 Å². The molecule has 0 aliphatic carbocycles. The van der Waals surface area contributed by atoms with E-state index in [9.17, 15) is 4.39 Å². The lowest BCUT2D eigenvalue weighted by atomic mass is 10.1. The number of alkyl halides is 1. The number of hydrogen-bond acceptors (Lipinski definition) is 1. The standard InChI is InChI=1S/C11H5Br2Cl2FS/c12-5-1-2-8(16)6(3-5)10(15)9-4-7(14)11(13)17-9/h1-4,10H. The second-order valence-corrected chi connectivity index (χ2v) is 7.46. The monoisotopic (exact) mass is 416 g/mol. The van der Waals surface area contributed by atoms with E-state index in [1.165, 1.54) is 17.4 Å². The minimum absolute atomic E-state index is 0.325. The quantitative estimate of drug-likeness (QED) is 0.495. The number of thiophene rings is 1. The Hall–Kier alpha value is 0.390. The van der Waals surface area contributed by atoms with E-state index in [2.05, 4.69) is 31.9 Å². The summed E-state index contributed by atoms with van der Waals surface area (Å²) in [4.78, 5) is 0.806. The summed E-state index contributed by atoms with van der Waals surface area (Å²) in [6, 6.07) is 6.45. The molecule has 0 bridgehead atoms. The van der Waals surface area contributed by atoms with E-state index in [-0.39, 0.29) is 5.82 Å². The second kappa shape index (κ2) is 5.57. The van der Waals surface area contributed by atoms with E-state index in [1.54, 1.807) is 18.2 Å². The van der Waals surface area contributed by atoms with E-state index in [1.807, 2.05) is 0 Å². The molecule has 2 aromatic rings. The number of hydrogen-bond donors (Lipinski definition) is 0. The van der Waals surface area contributed by atoms with Gasteiger partial charge >= 0.3 is 0 Å². The van der Waals surface area contributed by atoms with Gasteiger partial charge in [-0.25, -0.2) is 4.39 Å². The van der Waals surface area contributed by atoms with Gasteiger partial charge in [-0.15, -0.1) is 22.9 Å². The van der Waals surface area contributed by atoms with E-state index >= 15 is 0 Å². The van der Waals surface area contributed by atoms with Crippen LogP contribution in [-0.4, -0.2) is 0 Å². The molecule has 1 unspecified atom stereocenters. The van der Waals surface area contributed by atoms with Gasteiger partial charge in [0, 0.05) is 14.9 Å². The van der Waals surface area contributed by atoms with Crippen molar-refractivity contribution in [3.05, 3.63) is 53.8 Å². The molecule has 1 heterocycles. The van der Waals surface area contributed by atoms with E-state index < -0.39 is 5.38 Å². The van der Waals surface area contributed by atoms with Gasteiger partial charge in [-0.2, -0.15) is 0 Å². The maximum absolute atomic E-state index is 13.7. The highest BCUT2D eigenvalue weighted by Gasteiger charge is 2.19. The molecule has 6 heteroatoms. The lowest BCUT2D eigenvalue weighted by molar-refractivity contribution is 0.612. The highest BCUT2D eigenvalue weighted by atomic mass is 79.9. The molecule has 0 aliphatic rings. The first-order chi connectivity index (χ1) is 7.99. The van der Waals surface area contributed by atoms with E-state index in [0.717, 1.165) is 13.1 Å². The maximum atomic E-state index is 13.7. The van der Waals surface area contributed by atoms with Crippen molar-refractivity contribution in [2.24, 2.45) is 0 Å². The zero-order chi connectivity index (χ0) is 12.6. The third-order valence-electron chi connectivity index (χ3n) is 2.15. The van der Waals surface area contributed by atoms with Crippen molar-refractivity contribution in [2.75, 3.05) is 0 Å². The van der Waals surface area contributed by atoms with Gasteiger partial charge in [-0.3, -0.25) is 0 Å². The zero-order valence-corrected chi connectivity index (χ0v) is 13.7. The van der Waals surface area contributed by atoms with Crippen LogP contribution in [0.15, 0.2) is 32.5 Å². The Bertz CT molecular complexity index is 537. The SMILES string of the molecule is Fc1ccc(Br)cc1C(Cl)c1cc(Cl)c(Br)s1. The molecule has 0 nitrogen and oxygen atoms in total. The van der Waals surface area contributed by atoms with Crippen molar-refractivity contribution in [2.45, 2.75) is 5.38 Å². The molecule has 1 aromatic carbocycles. The fourth-order valence-corrected chi connectivity index (χ4v) is 3.84. The van der Waals surface area contributed by atoms with Crippen LogP contribution in [0.5, 0.6) is 0 Å². The maximum Gasteiger partial charge on any atom is 0.128 e. The summed E-state index contributed by atoms with van der Waals surface area (Å²) in [6.07, 6.45) is 0. The first-order valence-corrected chi connectivity index (χ1v) is 7.74. The van der Waals surface area contributed by atoms with Gasteiger partial charge in [-0.1, -0.05) is 27.5 Å². The highest BCUT2D eigenvalue weighted by Crippen LogP contribution is 2.41. The zero-order valence-electron chi connectivity index (χ0n) is 8.18. The lowest BCUT2D eigenvalue weighted by Crippen LogP contribution is -1.94. The Kier molecular flexibility index (Phi) is 4.53. The molecule has 0 amide bonds. The van der Waals surface area contributed by atoms with Gasteiger partial charge in [0.1, 0.15) is 5.82 Å². The Labute approximate surface area is 129 Å². The summed E-state index contributed by atoms with van der Waals surface area (Å²) < 4.78 is 15.3. The summed E-state index contributed by atoms with van der Waals surface area (Å²) in [6.45, 7) is 0. The smallest absolute Gasteiger partial charge is 0.128 e. The van der Waals surface area contributed by atoms with Crippen molar-refractivity contribution in [3.8, 4) is 0 Å². The molecular weight excluding hydrogens is 414 g/mol. The highest BCUT2D eigenvalue weighted by molar-refractivity contribution is 9.11. The minimum Gasteiger partial charge on any atom is -0.207 e. The number of benzene rings is 1. The molecule has 0 N–H and O–H groups in total. The fourth-order valence-electron chi connectivity index (χ4n) is 1.35. The molecule has 0 radical (unpaired) electrons. The molecule has 17 heavy (non-hydrogen) atoms. The van der Waals surface area contributed by atoms with Crippen LogP contribution in [0.1, 0.15) is 15.8 Å². The average molecular weight is 419 g/mol. The van der Waals surface area contributed by atoms with Crippen LogP contribution in [0.4, 0.5) is 4.39 Å². The van der Waals surface area contributed by atoms with Crippen LogP contribution in [0.3, 0.4) is 0 Å². The van der Waals surface area contributed by atoms with Gasteiger partial charge in [-0.05, 0) is 40.2 Å². The summed E-state index contributed by atoms with van der Waals surface area (Å²) in [5.41, 5.74) is 0.437. The van der Waals surface area contributed by atoms with Crippen LogP contribution in [0.25, 0.3) is 0 Å². The van der Waals surface area contributed by atoms with Crippen molar-refractivity contribution in [1.29, 1.82) is 0 Å². The van der Waals surface area contributed by atoms with Crippen LogP contribution in [0.2, 0.25) is 5.02 Å². The predicted molar refractivity (Wildman–Crippen MR) is 78.8 cm³/mol. The van der Waals surface area contributed by atoms with Gasteiger partial charge in [0.05, 0.1) is 14.2 Å². The van der Waals surface area contributed by atoms with Crippen molar-refractivity contribution in [3.63, 3.8) is 0 Å². The predicted octanol–water partition coefficient (Wildman–Crippen LogP) is 6.39. The summed E-state index contributed by atoms with van der Waals surface area (Å²) in [5.74, 6) is -0.325. The Morgan fingerprint density at radius 2 is 1.94 bits per heavy atom. The first-order valence-electron chi connectivity index (χ1n) is 4.53. The number of halogens is 5. The lowest BCUT2D eigenvalue weighted by Gasteiger charge is -2.09. The molecule has 90 valence electrons. The molecule has 0 spiro atoms. The average Bonchev–Trinajstić information content (AvgIpc) is 2.62. The van der Waals surface area contributed by atoms with Crippen molar-refractivity contribution >= 4 is 66.4 Å². The molecule has 1 atom stereocenters. The number of rotatable bonds is 2. The fraction of sp³-hybridized carbons (Fsp3) is 0.0909. The summed E-state index contributed by atoms with van der Waals surface area (Å²) in [7, 11) is 0. The third-order valence-corrected chi connectivity index (χ3v) is 5.78. The van der Waals surface area contributed by atoms with Crippen molar-refractivity contribution < 1.29 is 4.39 Å². The van der Waals surface area contributed by atoms with Crippen LogP contribution >= 0.6 is 66.4 Å². The molecule has 2 rings (SSSR count). The Morgan fingerprint density at radius 1 is 1.24 bits per heavy atom. The van der Waals surface area contributed by atoms with Crippen LogP contribution in [-0.2, 0) is 0 Å². The summed E-state index contributed by atoms with van der Waals surface area (Å²) >= 11 is 20.2. The molecule has 0 saturated carbocycles. The van der Waals surface area contributed by atoms with E-state index in [4.69, 9.17) is 23.2 Å². The first kappa shape index (κ1) is 13.8. The molecule has 0 aliphatic heterocycles. The van der Waals surface area contributed by atoms with Crippen molar-refractivity contribution in [1.82, 2.24) is 0 Å². The van der Waals surface area contributed by atoms with E-state index in [0.29, 0.717) is 10.6 Å². The Morgan fingerprint density at radius 3 is 2.53 bits per heavy atom. The summed E-state index contributed by atoms with van der Waals surface area (Å²) in [5, 5.41) is 0.0485. The molecule has 0 fully saturated rings. The molecular formula is C11H5Br2Cl2FS. The third kappa shape index (κ3) is 3.04. The van der Waals surface area contributed by atoms with Gasteiger partial charge in [0.2, 0.25) is 0 Å². The largest absolute Gasteiger partial charge is 0.207 e. The normalized spacial score (nSPS) is 12.8. The van der Waals surface area contributed by atoms with Crippen LogP contribution < -0.4 is 0 Å². The topological polar surface area (TPSA) is 0 Å². The molecule has 0 saturated heterocycles.